The van der Waals surface area contributed by atoms with Gasteiger partial charge in [-0.25, -0.2) is 0 Å². The van der Waals surface area contributed by atoms with Crippen LogP contribution in [-0.4, -0.2) is 19.5 Å². The Morgan fingerprint density at radius 1 is 1.29 bits per heavy atom. The Labute approximate surface area is 103 Å². The number of carbonyl (C=O) groups is 1. The van der Waals surface area contributed by atoms with Crippen LogP contribution in [0, 0.1) is 6.92 Å². The first kappa shape index (κ1) is 13.6. The number of benzene rings is 1. The summed E-state index contributed by atoms with van der Waals surface area (Å²) in [7, 11) is 1.63. The third kappa shape index (κ3) is 4.47. The number of rotatable bonds is 7. The normalized spacial score (nSPS) is 10.1. The van der Waals surface area contributed by atoms with E-state index in [-0.39, 0.29) is 5.78 Å². The predicted octanol–water partition coefficient (Wildman–Crippen LogP) is 3.14. The first-order valence-electron chi connectivity index (χ1n) is 5.96. The Hall–Kier alpha value is -1.51. The highest BCUT2D eigenvalue weighted by Crippen LogP contribution is 2.27. The van der Waals surface area contributed by atoms with Crippen LogP contribution in [0.1, 0.15) is 31.7 Å². The van der Waals surface area contributed by atoms with Crippen molar-refractivity contribution in [3.8, 4) is 11.5 Å². The summed E-state index contributed by atoms with van der Waals surface area (Å²) < 4.78 is 10.8. The van der Waals surface area contributed by atoms with E-state index in [4.69, 9.17) is 9.47 Å². The van der Waals surface area contributed by atoms with Crippen molar-refractivity contribution in [3.05, 3.63) is 23.8 Å². The number of carbonyl (C=O) groups excluding carboxylic acids is 1. The summed E-state index contributed by atoms with van der Waals surface area (Å²) in [4.78, 5) is 11.1. The highest BCUT2D eigenvalue weighted by atomic mass is 16.5. The van der Waals surface area contributed by atoms with Gasteiger partial charge in [0.2, 0.25) is 0 Å². The van der Waals surface area contributed by atoms with Crippen LogP contribution in [0.3, 0.4) is 0 Å². The molecular formula is C14H20O3. The summed E-state index contributed by atoms with van der Waals surface area (Å²) in [5, 5.41) is 0. The summed E-state index contributed by atoms with van der Waals surface area (Å²) in [6, 6.07) is 5.82. The number of Topliss-reactive ketones (excluding diaryl/α,β-unsaturated/α-hetero) is 1. The molecule has 3 nitrogen and oxygen atoms in total. The molecule has 0 N–H and O–H groups in total. The fourth-order valence-corrected chi connectivity index (χ4v) is 1.52. The number of aryl methyl sites for hydroxylation is 1. The van der Waals surface area contributed by atoms with Gasteiger partial charge < -0.3 is 9.47 Å². The highest BCUT2D eigenvalue weighted by Gasteiger charge is 2.04. The van der Waals surface area contributed by atoms with E-state index in [0.717, 1.165) is 23.5 Å². The van der Waals surface area contributed by atoms with Crippen LogP contribution in [0.5, 0.6) is 11.5 Å². The molecule has 1 rings (SSSR count). The fraction of sp³-hybridized carbons (Fsp3) is 0.500. The summed E-state index contributed by atoms with van der Waals surface area (Å²) >= 11 is 0. The Kier molecular flexibility index (Phi) is 5.53. The molecule has 0 spiro atoms. The molecule has 17 heavy (non-hydrogen) atoms. The molecular weight excluding hydrogens is 216 g/mol. The molecule has 1 aromatic carbocycles. The molecule has 0 bridgehead atoms. The molecule has 0 aliphatic carbocycles. The number of hydrogen-bond acceptors (Lipinski definition) is 3. The van der Waals surface area contributed by atoms with Crippen molar-refractivity contribution >= 4 is 5.78 Å². The largest absolute Gasteiger partial charge is 0.493 e. The highest BCUT2D eigenvalue weighted by molar-refractivity contribution is 5.77. The lowest BCUT2D eigenvalue weighted by atomic mass is 10.2. The maximum Gasteiger partial charge on any atom is 0.161 e. The summed E-state index contributed by atoms with van der Waals surface area (Å²) in [6.45, 7) is 4.43. The second-order valence-corrected chi connectivity index (χ2v) is 4.00. The van der Waals surface area contributed by atoms with Crippen LogP contribution < -0.4 is 9.47 Å². The number of methoxy groups -OCH3 is 1. The standard InChI is InChI=1S/C14H20O3/c1-4-12(15)6-5-9-17-13-8-7-11(2)10-14(13)16-3/h7-8,10H,4-6,9H2,1-3H3. The quantitative estimate of drug-likeness (QED) is 0.682. The third-order valence-electron chi connectivity index (χ3n) is 2.57. The van der Waals surface area contributed by atoms with Crippen LogP contribution >= 0.6 is 0 Å². The van der Waals surface area contributed by atoms with Crippen LogP contribution in [0.25, 0.3) is 0 Å². The van der Waals surface area contributed by atoms with Crippen molar-refractivity contribution in [1.29, 1.82) is 0 Å². The maximum atomic E-state index is 11.1. The Balaban J connectivity index is 2.43. The molecule has 0 aliphatic rings. The number of ketones is 1. The smallest absolute Gasteiger partial charge is 0.161 e. The molecule has 0 aromatic heterocycles. The summed E-state index contributed by atoms with van der Waals surface area (Å²) in [6.07, 6.45) is 1.95. The van der Waals surface area contributed by atoms with E-state index in [1.54, 1.807) is 7.11 Å². The lowest BCUT2D eigenvalue weighted by Gasteiger charge is -2.10. The lowest BCUT2D eigenvalue weighted by molar-refractivity contribution is -0.118. The zero-order valence-electron chi connectivity index (χ0n) is 10.8. The van der Waals surface area contributed by atoms with E-state index < -0.39 is 0 Å². The molecule has 0 fully saturated rings. The van der Waals surface area contributed by atoms with Crippen LogP contribution in [-0.2, 0) is 4.79 Å². The first-order chi connectivity index (χ1) is 8.17. The average Bonchev–Trinajstić information content (AvgIpc) is 2.35. The Morgan fingerprint density at radius 3 is 2.71 bits per heavy atom. The number of ether oxygens (including phenoxy) is 2. The van der Waals surface area contributed by atoms with Crippen molar-refractivity contribution in [2.45, 2.75) is 33.1 Å². The third-order valence-corrected chi connectivity index (χ3v) is 2.57. The van der Waals surface area contributed by atoms with E-state index in [1.807, 2.05) is 32.0 Å². The van der Waals surface area contributed by atoms with Gasteiger partial charge in [0.1, 0.15) is 5.78 Å². The molecule has 0 atom stereocenters. The maximum absolute atomic E-state index is 11.1. The van der Waals surface area contributed by atoms with Gasteiger partial charge in [-0.2, -0.15) is 0 Å². The minimum Gasteiger partial charge on any atom is -0.493 e. The van der Waals surface area contributed by atoms with Gasteiger partial charge in [0.05, 0.1) is 13.7 Å². The van der Waals surface area contributed by atoms with E-state index in [9.17, 15) is 4.79 Å². The minimum absolute atomic E-state index is 0.282. The van der Waals surface area contributed by atoms with Gasteiger partial charge in [0.25, 0.3) is 0 Å². The molecule has 0 radical (unpaired) electrons. The molecule has 0 saturated carbocycles. The van der Waals surface area contributed by atoms with Gasteiger partial charge in [-0.05, 0) is 31.0 Å². The van der Waals surface area contributed by atoms with E-state index in [1.165, 1.54) is 0 Å². The van der Waals surface area contributed by atoms with Crippen LogP contribution in [0.15, 0.2) is 18.2 Å². The van der Waals surface area contributed by atoms with Crippen molar-refractivity contribution in [2.24, 2.45) is 0 Å². The average molecular weight is 236 g/mol. The van der Waals surface area contributed by atoms with Crippen molar-refractivity contribution in [3.63, 3.8) is 0 Å². The minimum atomic E-state index is 0.282. The second kappa shape index (κ2) is 6.94. The van der Waals surface area contributed by atoms with Crippen molar-refractivity contribution in [1.82, 2.24) is 0 Å². The molecule has 3 heteroatoms. The second-order valence-electron chi connectivity index (χ2n) is 4.00. The molecule has 0 amide bonds. The number of hydrogen-bond donors (Lipinski definition) is 0. The van der Waals surface area contributed by atoms with E-state index >= 15 is 0 Å². The molecule has 0 aliphatic heterocycles. The molecule has 0 heterocycles. The van der Waals surface area contributed by atoms with Gasteiger partial charge in [0, 0.05) is 12.8 Å². The van der Waals surface area contributed by atoms with Gasteiger partial charge in [0.15, 0.2) is 11.5 Å². The lowest BCUT2D eigenvalue weighted by Crippen LogP contribution is -2.03. The first-order valence-corrected chi connectivity index (χ1v) is 5.96. The molecule has 0 unspecified atom stereocenters. The summed E-state index contributed by atoms with van der Waals surface area (Å²) in [5.74, 6) is 1.76. The van der Waals surface area contributed by atoms with Gasteiger partial charge in [-0.1, -0.05) is 13.0 Å². The monoisotopic (exact) mass is 236 g/mol. The predicted molar refractivity (Wildman–Crippen MR) is 67.8 cm³/mol. The zero-order chi connectivity index (χ0) is 12.7. The molecule has 0 saturated heterocycles. The SMILES string of the molecule is CCC(=O)CCCOc1ccc(C)cc1OC. The topological polar surface area (TPSA) is 35.5 Å². The van der Waals surface area contributed by atoms with Crippen molar-refractivity contribution in [2.75, 3.05) is 13.7 Å². The van der Waals surface area contributed by atoms with Gasteiger partial charge in [-0.15, -0.1) is 0 Å². The van der Waals surface area contributed by atoms with Crippen LogP contribution in [0.4, 0.5) is 0 Å². The Bertz CT molecular complexity index is 372. The van der Waals surface area contributed by atoms with Crippen molar-refractivity contribution < 1.29 is 14.3 Å². The van der Waals surface area contributed by atoms with E-state index in [0.29, 0.717) is 19.4 Å². The van der Waals surface area contributed by atoms with Gasteiger partial charge in [-0.3, -0.25) is 4.79 Å². The van der Waals surface area contributed by atoms with Gasteiger partial charge >= 0.3 is 0 Å². The Morgan fingerprint density at radius 2 is 2.06 bits per heavy atom. The fourth-order valence-electron chi connectivity index (χ4n) is 1.52. The van der Waals surface area contributed by atoms with E-state index in [2.05, 4.69) is 0 Å². The zero-order valence-corrected chi connectivity index (χ0v) is 10.8. The molecule has 1 aromatic rings. The van der Waals surface area contributed by atoms with Crippen LogP contribution in [0.2, 0.25) is 0 Å². The summed E-state index contributed by atoms with van der Waals surface area (Å²) in [5.41, 5.74) is 1.13. The molecule has 94 valence electrons.